The van der Waals surface area contributed by atoms with Gasteiger partial charge in [-0.25, -0.2) is 0 Å². The van der Waals surface area contributed by atoms with Crippen molar-refractivity contribution in [3.8, 4) is 0 Å². The lowest BCUT2D eigenvalue weighted by Crippen LogP contribution is -2.12. The number of carboxylic acids is 2. The molecule has 0 radical (unpaired) electrons. The monoisotopic (exact) mass is 304 g/mol. The van der Waals surface area contributed by atoms with Gasteiger partial charge in [-0.15, -0.1) is 0 Å². The minimum absolute atomic E-state index is 0.00138. The van der Waals surface area contributed by atoms with Crippen LogP contribution >= 0.6 is 0 Å². The lowest BCUT2D eigenvalue weighted by atomic mass is 10.2. The molecule has 0 fully saturated rings. The first-order valence-corrected chi connectivity index (χ1v) is 6.66. The fourth-order valence-corrected chi connectivity index (χ4v) is 1.40. The van der Waals surface area contributed by atoms with E-state index in [1.807, 2.05) is 0 Å². The lowest BCUT2D eigenvalue weighted by Gasteiger charge is -2.06. The minimum atomic E-state index is -0.916. The fourth-order valence-electron chi connectivity index (χ4n) is 1.40. The molecule has 0 saturated heterocycles. The van der Waals surface area contributed by atoms with Crippen molar-refractivity contribution in [1.29, 1.82) is 0 Å². The van der Waals surface area contributed by atoms with Gasteiger partial charge in [0.2, 0.25) is 6.79 Å². The first kappa shape index (κ1) is 18.9. The van der Waals surface area contributed by atoms with Crippen molar-refractivity contribution in [2.75, 3.05) is 6.79 Å². The van der Waals surface area contributed by atoms with Crippen molar-refractivity contribution in [3.05, 3.63) is 0 Å². The molecule has 0 aliphatic heterocycles. The van der Waals surface area contributed by atoms with Gasteiger partial charge in [-0.05, 0) is 25.7 Å². The molecule has 0 unspecified atom stereocenters. The molecule has 0 aliphatic rings. The molecule has 0 aromatic carbocycles. The summed E-state index contributed by atoms with van der Waals surface area (Å²) in [5, 5.41) is 16.8. The topological polar surface area (TPSA) is 127 Å². The normalized spacial score (nSPS) is 9.90. The zero-order valence-electron chi connectivity index (χ0n) is 11.7. The Kier molecular flexibility index (Phi) is 10.5. The number of carbonyl (C=O) groups is 4. The van der Waals surface area contributed by atoms with Crippen LogP contribution in [0.3, 0.4) is 0 Å². The fraction of sp³-hybridized carbons (Fsp3) is 0.692. The average molecular weight is 304 g/mol. The second-order valence-electron chi connectivity index (χ2n) is 4.35. The Morgan fingerprint density at radius 3 is 1.29 bits per heavy atom. The zero-order valence-corrected chi connectivity index (χ0v) is 11.7. The maximum Gasteiger partial charge on any atom is 0.308 e. The number of aliphatic carboxylic acids is 2. The predicted molar refractivity (Wildman–Crippen MR) is 69.3 cm³/mol. The highest BCUT2D eigenvalue weighted by Gasteiger charge is 2.07. The minimum Gasteiger partial charge on any atom is -0.481 e. The first-order chi connectivity index (χ1) is 9.91. The van der Waals surface area contributed by atoms with Crippen molar-refractivity contribution in [2.45, 2.75) is 51.4 Å². The van der Waals surface area contributed by atoms with Gasteiger partial charge in [-0.2, -0.15) is 0 Å². The van der Waals surface area contributed by atoms with Crippen LogP contribution in [0.15, 0.2) is 0 Å². The summed E-state index contributed by atoms with van der Waals surface area (Å²) in [5.41, 5.74) is 0. The molecule has 0 bridgehead atoms. The molecule has 0 aromatic heterocycles. The van der Waals surface area contributed by atoms with Gasteiger partial charge in [-0.1, -0.05) is 0 Å². The molecule has 21 heavy (non-hydrogen) atoms. The second kappa shape index (κ2) is 11.7. The van der Waals surface area contributed by atoms with Crippen LogP contribution in [-0.4, -0.2) is 40.9 Å². The molecule has 0 aromatic rings. The third-order valence-corrected chi connectivity index (χ3v) is 2.48. The van der Waals surface area contributed by atoms with Crippen LogP contribution in [-0.2, 0) is 28.7 Å². The van der Waals surface area contributed by atoms with Gasteiger partial charge in [0.05, 0.1) is 0 Å². The van der Waals surface area contributed by atoms with Crippen molar-refractivity contribution >= 4 is 23.9 Å². The van der Waals surface area contributed by atoms with E-state index in [1.165, 1.54) is 0 Å². The van der Waals surface area contributed by atoms with Gasteiger partial charge >= 0.3 is 23.9 Å². The Labute approximate surface area is 122 Å². The molecule has 0 atom stereocenters. The van der Waals surface area contributed by atoms with Crippen molar-refractivity contribution in [3.63, 3.8) is 0 Å². The molecule has 0 amide bonds. The van der Waals surface area contributed by atoms with Gasteiger partial charge in [0.25, 0.3) is 0 Å². The third kappa shape index (κ3) is 14.1. The summed E-state index contributed by atoms with van der Waals surface area (Å²) < 4.78 is 9.28. The zero-order chi connectivity index (χ0) is 16.1. The van der Waals surface area contributed by atoms with E-state index in [2.05, 4.69) is 9.47 Å². The van der Waals surface area contributed by atoms with E-state index in [4.69, 9.17) is 10.2 Å². The van der Waals surface area contributed by atoms with E-state index in [9.17, 15) is 19.2 Å². The SMILES string of the molecule is O=C(O)CCCCC(=O)OCOC(=O)CCCCC(=O)O. The Morgan fingerprint density at radius 1 is 0.619 bits per heavy atom. The highest BCUT2D eigenvalue weighted by molar-refractivity contribution is 5.71. The summed E-state index contributed by atoms with van der Waals surface area (Å²) >= 11 is 0. The Hall–Kier alpha value is -2.12. The molecule has 0 saturated carbocycles. The van der Waals surface area contributed by atoms with Crippen molar-refractivity contribution in [1.82, 2.24) is 0 Å². The molecule has 120 valence electrons. The van der Waals surface area contributed by atoms with E-state index in [0.29, 0.717) is 25.7 Å². The number of carbonyl (C=O) groups excluding carboxylic acids is 2. The van der Waals surface area contributed by atoms with Crippen LogP contribution in [0.5, 0.6) is 0 Å². The molecule has 0 heterocycles. The summed E-state index contributed by atoms with van der Waals surface area (Å²) in [7, 11) is 0. The number of carboxylic acid groups (broad SMARTS) is 2. The summed E-state index contributed by atoms with van der Waals surface area (Å²) in [6.45, 7) is -0.477. The van der Waals surface area contributed by atoms with Crippen LogP contribution in [0.1, 0.15) is 51.4 Å². The maximum absolute atomic E-state index is 11.2. The van der Waals surface area contributed by atoms with E-state index >= 15 is 0 Å². The van der Waals surface area contributed by atoms with Gasteiger partial charge in [0.15, 0.2) is 0 Å². The number of unbranched alkanes of at least 4 members (excludes halogenated alkanes) is 2. The van der Waals surface area contributed by atoms with E-state index in [0.717, 1.165) is 0 Å². The van der Waals surface area contributed by atoms with E-state index in [-0.39, 0.29) is 25.7 Å². The Bertz CT molecular complexity index is 329. The Balaban J connectivity index is 3.46. The molecule has 2 N–H and O–H groups in total. The standard InChI is InChI=1S/C13H20O8/c14-10(15)5-1-3-7-12(18)20-9-21-13(19)8-4-2-6-11(16)17/h1-9H2,(H,14,15)(H,16,17). The quantitative estimate of drug-likeness (QED) is 0.314. The van der Waals surface area contributed by atoms with Crippen LogP contribution in [0.25, 0.3) is 0 Å². The largest absolute Gasteiger partial charge is 0.481 e. The maximum atomic E-state index is 11.2. The summed E-state index contributed by atoms with van der Waals surface area (Å²) in [6.07, 6.45) is 1.70. The average Bonchev–Trinajstić information content (AvgIpc) is 2.39. The van der Waals surface area contributed by atoms with Gasteiger partial charge in [-0.3, -0.25) is 19.2 Å². The molecular formula is C13H20O8. The lowest BCUT2D eigenvalue weighted by molar-refractivity contribution is -0.167. The smallest absolute Gasteiger partial charge is 0.308 e. The predicted octanol–water partition coefficient (Wildman–Crippen LogP) is 1.32. The van der Waals surface area contributed by atoms with Crippen molar-refractivity contribution < 1.29 is 38.9 Å². The van der Waals surface area contributed by atoms with Gasteiger partial charge in [0, 0.05) is 25.7 Å². The number of hydrogen-bond acceptors (Lipinski definition) is 6. The van der Waals surface area contributed by atoms with Crippen molar-refractivity contribution in [2.24, 2.45) is 0 Å². The highest BCUT2D eigenvalue weighted by Crippen LogP contribution is 2.03. The van der Waals surface area contributed by atoms with Crippen LogP contribution < -0.4 is 0 Å². The number of esters is 2. The van der Waals surface area contributed by atoms with E-state index in [1.54, 1.807) is 0 Å². The van der Waals surface area contributed by atoms with Gasteiger partial charge in [0.1, 0.15) is 0 Å². The van der Waals surface area contributed by atoms with E-state index < -0.39 is 30.7 Å². The van der Waals surface area contributed by atoms with Crippen LogP contribution in [0.4, 0.5) is 0 Å². The first-order valence-electron chi connectivity index (χ1n) is 6.66. The van der Waals surface area contributed by atoms with Crippen LogP contribution in [0, 0.1) is 0 Å². The summed E-state index contributed by atoms with van der Waals surface area (Å²) in [5.74, 6) is -2.95. The summed E-state index contributed by atoms with van der Waals surface area (Å²) in [4.78, 5) is 42.8. The van der Waals surface area contributed by atoms with Crippen LogP contribution in [0.2, 0.25) is 0 Å². The molecular weight excluding hydrogens is 284 g/mol. The summed E-state index contributed by atoms with van der Waals surface area (Å²) in [6, 6.07) is 0. The molecule has 0 spiro atoms. The second-order valence-corrected chi connectivity index (χ2v) is 4.35. The highest BCUT2D eigenvalue weighted by atomic mass is 16.7. The Morgan fingerprint density at radius 2 is 0.952 bits per heavy atom. The third-order valence-electron chi connectivity index (χ3n) is 2.48. The number of hydrogen-bond donors (Lipinski definition) is 2. The number of ether oxygens (including phenoxy) is 2. The molecule has 8 heteroatoms. The number of rotatable bonds is 12. The molecule has 8 nitrogen and oxygen atoms in total. The molecule has 0 rings (SSSR count). The molecule has 0 aliphatic carbocycles. The van der Waals surface area contributed by atoms with Gasteiger partial charge < -0.3 is 19.7 Å².